The number of quaternary nitrogens is 1. The van der Waals surface area contributed by atoms with Gasteiger partial charge in [0.25, 0.3) is 0 Å². The molecule has 0 saturated carbocycles. The first kappa shape index (κ1) is 15.7. The van der Waals surface area contributed by atoms with Gasteiger partial charge in [-0.25, -0.2) is 4.79 Å². The Kier molecular flexibility index (Phi) is 4.06. The summed E-state index contributed by atoms with van der Waals surface area (Å²) in [5.41, 5.74) is 4.69. The third-order valence-electron chi connectivity index (χ3n) is 5.32. The fraction of sp³-hybridized carbons (Fsp3) is 0.526. The molecule has 128 valence electrons. The van der Waals surface area contributed by atoms with Crippen LogP contribution in [0.2, 0.25) is 0 Å². The van der Waals surface area contributed by atoms with E-state index in [9.17, 15) is 4.79 Å². The highest BCUT2D eigenvalue weighted by atomic mass is 16.5. The highest BCUT2D eigenvalue weighted by molar-refractivity contribution is 5.87. The van der Waals surface area contributed by atoms with E-state index in [1.54, 1.807) is 0 Å². The number of aliphatic hydroxyl groups is 1. The fourth-order valence-corrected chi connectivity index (χ4v) is 4.11. The van der Waals surface area contributed by atoms with Crippen LogP contribution in [0.1, 0.15) is 41.5 Å². The van der Waals surface area contributed by atoms with E-state index in [4.69, 9.17) is 14.3 Å². The molecule has 2 aliphatic rings. The van der Waals surface area contributed by atoms with Crippen molar-refractivity contribution in [1.29, 1.82) is 0 Å². The molecule has 5 heteroatoms. The van der Waals surface area contributed by atoms with Crippen LogP contribution in [0.4, 0.5) is 0 Å². The number of hydrogen-bond donors (Lipinski definition) is 2. The maximum absolute atomic E-state index is 12.3. The molecule has 5 nitrogen and oxygen atoms in total. The summed E-state index contributed by atoms with van der Waals surface area (Å²) in [6, 6.07) is 2.17. The van der Waals surface area contributed by atoms with Crippen molar-refractivity contribution in [3.05, 3.63) is 38.7 Å². The molecular formula is C19H24NO4+. The lowest BCUT2D eigenvalue weighted by Gasteiger charge is -2.28. The number of hydrogen-bond acceptors (Lipinski definition) is 4. The van der Waals surface area contributed by atoms with Crippen molar-refractivity contribution in [3.63, 3.8) is 0 Å². The van der Waals surface area contributed by atoms with E-state index >= 15 is 0 Å². The van der Waals surface area contributed by atoms with Gasteiger partial charge in [-0.2, -0.15) is 0 Å². The van der Waals surface area contributed by atoms with Gasteiger partial charge in [0.1, 0.15) is 17.9 Å². The van der Waals surface area contributed by atoms with Gasteiger partial charge < -0.3 is 14.3 Å². The van der Waals surface area contributed by atoms with E-state index in [0.29, 0.717) is 12.3 Å². The third-order valence-corrected chi connectivity index (χ3v) is 5.32. The fourth-order valence-electron chi connectivity index (χ4n) is 4.11. The largest absolute Gasteiger partial charge is 0.444 e. The molecule has 24 heavy (non-hydrogen) atoms. The van der Waals surface area contributed by atoms with Crippen LogP contribution < -0.4 is 15.3 Å². The van der Waals surface area contributed by atoms with Crippen molar-refractivity contribution in [2.24, 2.45) is 0 Å². The standard InChI is InChI=1S/C19H23NO4/c1-12-17-13(10-20(11-23-17)7-4-8-21)9-16-14-5-2-3-6-15(14)19(22)24-18(12)16/h9,21H,2-8,10-11H2,1H3/p+1. The lowest BCUT2D eigenvalue weighted by atomic mass is 9.89. The van der Waals surface area contributed by atoms with Crippen molar-refractivity contribution < 1.29 is 19.2 Å². The van der Waals surface area contributed by atoms with Crippen LogP contribution in [0.5, 0.6) is 5.75 Å². The molecule has 2 heterocycles. The molecular weight excluding hydrogens is 306 g/mol. The predicted molar refractivity (Wildman–Crippen MR) is 90.6 cm³/mol. The van der Waals surface area contributed by atoms with Crippen molar-refractivity contribution in [2.75, 3.05) is 19.9 Å². The molecule has 0 fully saturated rings. The minimum atomic E-state index is -0.175. The second-order valence-electron chi connectivity index (χ2n) is 6.96. The summed E-state index contributed by atoms with van der Waals surface area (Å²) < 4.78 is 11.6. The van der Waals surface area contributed by atoms with Crippen molar-refractivity contribution in [1.82, 2.24) is 0 Å². The highest BCUT2D eigenvalue weighted by Gasteiger charge is 2.27. The number of nitrogens with one attached hydrogen (secondary N) is 1. The minimum Gasteiger partial charge on any atom is -0.444 e. The molecule has 0 spiro atoms. The Morgan fingerprint density at radius 1 is 1.25 bits per heavy atom. The van der Waals surface area contributed by atoms with Gasteiger partial charge >= 0.3 is 5.63 Å². The average Bonchev–Trinajstić information content (AvgIpc) is 2.61. The molecule has 2 N–H and O–H groups in total. The maximum Gasteiger partial charge on any atom is 0.339 e. The highest BCUT2D eigenvalue weighted by Crippen LogP contribution is 2.35. The lowest BCUT2D eigenvalue weighted by molar-refractivity contribution is -0.932. The van der Waals surface area contributed by atoms with Crippen LogP contribution in [-0.4, -0.2) is 25.0 Å². The van der Waals surface area contributed by atoms with Gasteiger partial charge in [0.05, 0.1) is 6.54 Å². The van der Waals surface area contributed by atoms with Gasteiger partial charge in [-0.1, -0.05) is 0 Å². The molecule has 1 unspecified atom stereocenters. The summed E-state index contributed by atoms with van der Waals surface area (Å²) in [6.45, 7) is 4.58. The first-order chi connectivity index (χ1) is 11.7. The Labute approximate surface area is 140 Å². The Balaban J connectivity index is 1.84. The molecule has 0 radical (unpaired) electrons. The molecule has 1 aromatic carbocycles. The quantitative estimate of drug-likeness (QED) is 0.827. The molecule has 4 rings (SSSR count). The molecule has 2 aromatic rings. The number of rotatable bonds is 3. The van der Waals surface area contributed by atoms with Crippen molar-refractivity contribution in [3.8, 4) is 5.75 Å². The van der Waals surface area contributed by atoms with Gasteiger partial charge in [-0.15, -0.1) is 0 Å². The third kappa shape index (κ3) is 2.52. The van der Waals surface area contributed by atoms with E-state index in [0.717, 1.165) is 67.5 Å². The summed E-state index contributed by atoms with van der Waals surface area (Å²) in [4.78, 5) is 13.7. The van der Waals surface area contributed by atoms with E-state index in [1.165, 1.54) is 16.0 Å². The molecule has 1 atom stereocenters. The van der Waals surface area contributed by atoms with Crippen LogP contribution in [0.25, 0.3) is 11.0 Å². The van der Waals surface area contributed by atoms with E-state index in [-0.39, 0.29) is 12.2 Å². The number of aliphatic hydroxyl groups excluding tert-OH is 1. The zero-order valence-electron chi connectivity index (χ0n) is 14.1. The van der Waals surface area contributed by atoms with E-state index in [1.807, 2.05) is 6.92 Å². The number of fused-ring (bicyclic) bond motifs is 4. The van der Waals surface area contributed by atoms with Crippen LogP contribution >= 0.6 is 0 Å². The monoisotopic (exact) mass is 330 g/mol. The SMILES string of the molecule is Cc1c2c(cc3c4c(c(=O)oc13)CCCC4)C[NH+](CCCO)CO2. The summed E-state index contributed by atoms with van der Waals surface area (Å²) in [7, 11) is 0. The van der Waals surface area contributed by atoms with Crippen molar-refractivity contribution in [2.45, 2.75) is 45.6 Å². The summed E-state index contributed by atoms with van der Waals surface area (Å²) in [5, 5.41) is 10.1. The van der Waals surface area contributed by atoms with Gasteiger partial charge in [0.15, 0.2) is 0 Å². The zero-order valence-corrected chi connectivity index (χ0v) is 14.1. The molecule has 1 aliphatic heterocycles. The van der Waals surface area contributed by atoms with Gasteiger partial charge in [0, 0.05) is 35.1 Å². The summed E-state index contributed by atoms with van der Waals surface area (Å²) in [5.74, 6) is 0.870. The maximum atomic E-state index is 12.3. The normalized spacial score (nSPS) is 19.7. The van der Waals surface area contributed by atoms with Crippen LogP contribution in [0.3, 0.4) is 0 Å². The first-order valence-corrected chi connectivity index (χ1v) is 8.87. The minimum absolute atomic E-state index is 0.175. The molecule has 0 amide bonds. The van der Waals surface area contributed by atoms with E-state index < -0.39 is 0 Å². The van der Waals surface area contributed by atoms with E-state index in [2.05, 4.69) is 6.07 Å². The Morgan fingerprint density at radius 2 is 2.04 bits per heavy atom. The average molecular weight is 330 g/mol. The lowest BCUT2D eigenvalue weighted by Crippen LogP contribution is -3.12. The summed E-state index contributed by atoms with van der Waals surface area (Å²) in [6.07, 6.45) is 4.76. The summed E-state index contributed by atoms with van der Waals surface area (Å²) >= 11 is 0. The topological polar surface area (TPSA) is 64.1 Å². The smallest absolute Gasteiger partial charge is 0.339 e. The molecule has 0 saturated heterocycles. The second kappa shape index (κ2) is 6.22. The molecule has 1 aromatic heterocycles. The molecule has 0 bridgehead atoms. The van der Waals surface area contributed by atoms with Crippen LogP contribution in [-0.2, 0) is 19.4 Å². The zero-order chi connectivity index (χ0) is 16.7. The van der Waals surface area contributed by atoms with Crippen LogP contribution in [0, 0.1) is 6.92 Å². The Bertz CT molecular complexity index is 840. The number of aryl methyl sites for hydroxylation is 2. The Hall–Kier alpha value is -1.85. The van der Waals surface area contributed by atoms with Gasteiger partial charge in [-0.05, 0) is 44.2 Å². The Morgan fingerprint density at radius 3 is 2.83 bits per heavy atom. The predicted octanol–water partition coefficient (Wildman–Crippen LogP) is 1.10. The van der Waals surface area contributed by atoms with Crippen LogP contribution in [0.15, 0.2) is 15.3 Å². The number of benzene rings is 1. The second-order valence-corrected chi connectivity index (χ2v) is 6.96. The first-order valence-electron chi connectivity index (χ1n) is 8.87. The number of ether oxygens (including phenoxy) is 1. The van der Waals surface area contributed by atoms with Crippen molar-refractivity contribution >= 4 is 11.0 Å². The van der Waals surface area contributed by atoms with Gasteiger partial charge in [0.2, 0.25) is 6.73 Å². The van der Waals surface area contributed by atoms with Gasteiger partial charge in [-0.3, -0.25) is 4.90 Å². The molecule has 1 aliphatic carbocycles.